The Kier molecular flexibility index (Phi) is 8.48. The number of oxime groups is 1. The molecule has 0 spiro atoms. The Bertz CT molecular complexity index is 948. The van der Waals surface area contributed by atoms with Crippen molar-refractivity contribution in [2.24, 2.45) is 5.16 Å². The predicted octanol–water partition coefficient (Wildman–Crippen LogP) is 3.25. The third-order valence-electron chi connectivity index (χ3n) is 5.03. The molecule has 2 heterocycles. The molecule has 0 aliphatic carbocycles. The van der Waals surface area contributed by atoms with Crippen LogP contribution in [0.2, 0.25) is 0 Å². The largest absolute Gasteiger partial charge is 0.508 e. The van der Waals surface area contributed by atoms with Crippen molar-refractivity contribution in [2.75, 3.05) is 26.3 Å². The summed E-state index contributed by atoms with van der Waals surface area (Å²) in [4.78, 5) is 31.9. The number of benzene rings is 1. The number of phenols is 2. The van der Waals surface area contributed by atoms with Gasteiger partial charge < -0.3 is 24.7 Å². The van der Waals surface area contributed by atoms with Gasteiger partial charge in [0.25, 0.3) is 5.91 Å². The lowest BCUT2D eigenvalue weighted by atomic mass is 10.00. The quantitative estimate of drug-likeness (QED) is 0.424. The fourth-order valence-corrected chi connectivity index (χ4v) is 3.43. The maximum Gasteiger partial charge on any atom is 0.342 e. The van der Waals surface area contributed by atoms with Crippen LogP contribution < -0.4 is 0 Å². The second-order valence-electron chi connectivity index (χ2n) is 7.51. The number of esters is 1. The van der Waals surface area contributed by atoms with Gasteiger partial charge in [-0.05, 0) is 43.4 Å². The molecule has 0 bridgehead atoms. The van der Waals surface area contributed by atoms with E-state index in [1.807, 2.05) is 30.4 Å². The first-order valence-electron chi connectivity index (χ1n) is 10.7. The van der Waals surface area contributed by atoms with Crippen molar-refractivity contribution in [1.82, 2.24) is 4.90 Å². The zero-order valence-corrected chi connectivity index (χ0v) is 17.9. The molecular weight excluding hydrogens is 412 g/mol. The number of allylic oxidation sites excluding steroid dienone is 3. The third-order valence-corrected chi connectivity index (χ3v) is 5.03. The number of hydrogen-bond donors (Lipinski definition) is 2. The molecule has 170 valence electrons. The average Bonchev–Trinajstić information content (AvgIpc) is 2.77. The first kappa shape index (κ1) is 23.1. The second-order valence-corrected chi connectivity index (χ2v) is 7.51. The first-order chi connectivity index (χ1) is 15.5. The molecule has 3 rings (SSSR count). The Morgan fingerprint density at radius 3 is 2.66 bits per heavy atom. The summed E-state index contributed by atoms with van der Waals surface area (Å²) in [6.07, 6.45) is 14.7. The lowest BCUT2D eigenvalue weighted by molar-refractivity contribution is -0.135. The van der Waals surface area contributed by atoms with Crippen LogP contribution in [0.25, 0.3) is 0 Å². The van der Waals surface area contributed by atoms with Crippen molar-refractivity contribution in [2.45, 2.75) is 32.1 Å². The predicted molar refractivity (Wildman–Crippen MR) is 120 cm³/mol. The summed E-state index contributed by atoms with van der Waals surface area (Å²) in [7, 11) is 0. The van der Waals surface area contributed by atoms with Gasteiger partial charge in [-0.3, -0.25) is 4.79 Å². The van der Waals surface area contributed by atoms with Crippen LogP contribution in [0.3, 0.4) is 0 Å². The molecule has 0 atom stereocenters. The lowest BCUT2D eigenvalue weighted by Crippen LogP contribution is -2.36. The minimum Gasteiger partial charge on any atom is -0.508 e. The van der Waals surface area contributed by atoms with Crippen LogP contribution in [-0.2, 0) is 20.8 Å². The molecule has 2 aliphatic rings. The van der Waals surface area contributed by atoms with Gasteiger partial charge in [-0.1, -0.05) is 35.5 Å². The molecule has 2 aliphatic heterocycles. The Hall–Kier alpha value is -3.55. The molecule has 0 unspecified atom stereocenters. The molecule has 0 radical (unpaired) electrons. The molecule has 0 aromatic heterocycles. The number of carbonyl (C=O) groups is 2. The number of amides is 1. The normalized spacial score (nSPS) is 20.7. The van der Waals surface area contributed by atoms with Crippen LogP contribution in [0, 0.1) is 0 Å². The lowest BCUT2D eigenvalue weighted by Gasteiger charge is -2.22. The number of nitrogens with zero attached hydrogens (tertiary/aromatic N) is 2. The summed E-state index contributed by atoms with van der Waals surface area (Å²) >= 11 is 0. The maximum absolute atomic E-state index is 12.6. The van der Waals surface area contributed by atoms with E-state index in [4.69, 9.17) is 9.57 Å². The van der Waals surface area contributed by atoms with Crippen molar-refractivity contribution in [3.63, 3.8) is 0 Å². The van der Waals surface area contributed by atoms with Crippen molar-refractivity contribution in [3.8, 4) is 11.5 Å². The van der Waals surface area contributed by atoms with E-state index in [0.717, 1.165) is 25.3 Å². The molecule has 1 amide bonds. The van der Waals surface area contributed by atoms with Gasteiger partial charge in [-0.25, -0.2) is 4.79 Å². The van der Waals surface area contributed by atoms with Gasteiger partial charge in [-0.15, -0.1) is 0 Å². The molecule has 8 heteroatoms. The van der Waals surface area contributed by atoms with Gasteiger partial charge in [-0.2, -0.15) is 0 Å². The van der Waals surface area contributed by atoms with Crippen LogP contribution in [0.15, 0.2) is 53.7 Å². The Balaban J connectivity index is 1.81. The minimum absolute atomic E-state index is 0.0267. The number of fused-ring (bicyclic) bond motifs is 1. The first-order valence-corrected chi connectivity index (χ1v) is 10.7. The van der Waals surface area contributed by atoms with Crippen LogP contribution in [0.1, 0.15) is 41.6 Å². The number of carbonyl (C=O) groups excluding carboxylic acids is 2. The molecular formula is C24H28N2O6. The van der Waals surface area contributed by atoms with E-state index in [1.54, 1.807) is 11.0 Å². The topological polar surface area (TPSA) is 109 Å². The molecule has 0 fully saturated rings. The zero-order valence-electron chi connectivity index (χ0n) is 17.9. The van der Waals surface area contributed by atoms with Crippen LogP contribution in [0.4, 0.5) is 0 Å². The summed E-state index contributed by atoms with van der Waals surface area (Å²) in [5, 5.41) is 24.3. The van der Waals surface area contributed by atoms with Gasteiger partial charge in [0.1, 0.15) is 17.1 Å². The van der Waals surface area contributed by atoms with E-state index >= 15 is 0 Å². The van der Waals surface area contributed by atoms with Crippen molar-refractivity contribution in [3.05, 3.63) is 59.7 Å². The van der Waals surface area contributed by atoms with Crippen molar-refractivity contribution in [1.29, 1.82) is 0 Å². The third kappa shape index (κ3) is 6.73. The fraction of sp³-hybridized carbons (Fsp3) is 0.375. The van der Waals surface area contributed by atoms with Gasteiger partial charge in [0.05, 0.1) is 12.3 Å². The molecule has 2 N–H and O–H groups in total. The van der Waals surface area contributed by atoms with E-state index in [1.165, 1.54) is 6.07 Å². The number of cyclic esters (lactones) is 1. The standard InChI is InChI=1S/C24H28N2O6/c27-20-15-18-14-19(25-32-17-22(29)26-11-7-5-8-12-26)10-6-3-1-2-4-9-13-31-24(30)23(18)21(28)16-20/h2,4-7,10,15-16,27-28H,1,3,8-9,11-14,17H2/b4-2+,10-6+,25-19-. The minimum atomic E-state index is -0.680. The highest BCUT2D eigenvalue weighted by Crippen LogP contribution is 2.29. The van der Waals surface area contributed by atoms with Gasteiger partial charge in [0, 0.05) is 25.6 Å². The molecule has 0 saturated carbocycles. The Labute approximate surface area is 187 Å². The Morgan fingerprint density at radius 1 is 1.06 bits per heavy atom. The summed E-state index contributed by atoms with van der Waals surface area (Å²) < 4.78 is 5.27. The summed E-state index contributed by atoms with van der Waals surface area (Å²) in [5.74, 6) is -1.39. The monoisotopic (exact) mass is 440 g/mol. The van der Waals surface area contributed by atoms with Gasteiger partial charge in [0.2, 0.25) is 0 Å². The smallest absolute Gasteiger partial charge is 0.342 e. The highest BCUT2D eigenvalue weighted by Gasteiger charge is 2.21. The van der Waals surface area contributed by atoms with Crippen LogP contribution in [-0.4, -0.2) is 59.0 Å². The highest BCUT2D eigenvalue weighted by molar-refractivity contribution is 6.00. The maximum atomic E-state index is 12.6. The zero-order chi connectivity index (χ0) is 22.8. The van der Waals surface area contributed by atoms with Gasteiger partial charge in [0.15, 0.2) is 6.61 Å². The molecule has 1 aromatic carbocycles. The average molecular weight is 440 g/mol. The van der Waals surface area contributed by atoms with Crippen molar-refractivity contribution < 1.29 is 29.4 Å². The van der Waals surface area contributed by atoms with E-state index in [-0.39, 0.29) is 42.6 Å². The molecule has 0 saturated heterocycles. The van der Waals surface area contributed by atoms with E-state index in [0.29, 0.717) is 30.8 Å². The summed E-state index contributed by atoms with van der Waals surface area (Å²) in [6, 6.07) is 2.48. The second kappa shape index (κ2) is 11.7. The number of hydrogen-bond acceptors (Lipinski definition) is 7. The van der Waals surface area contributed by atoms with E-state index in [9.17, 15) is 19.8 Å². The number of phenolic OH excluding ortho intramolecular Hbond substituents is 2. The van der Waals surface area contributed by atoms with Gasteiger partial charge >= 0.3 is 5.97 Å². The highest BCUT2D eigenvalue weighted by atomic mass is 16.6. The number of aromatic hydroxyl groups is 2. The number of rotatable bonds is 3. The van der Waals surface area contributed by atoms with Crippen molar-refractivity contribution >= 4 is 17.6 Å². The van der Waals surface area contributed by atoms with Crippen LogP contribution >= 0.6 is 0 Å². The molecule has 8 nitrogen and oxygen atoms in total. The van der Waals surface area contributed by atoms with E-state index in [2.05, 4.69) is 5.16 Å². The summed E-state index contributed by atoms with van der Waals surface area (Å²) in [5.41, 5.74) is 0.761. The van der Waals surface area contributed by atoms with E-state index < -0.39 is 5.97 Å². The molecule has 32 heavy (non-hydrogen) atoms. The van der Waals surface area contributed by atoms with Crippen LogP contribution in [0.5, 0.6) is 11.5 Å². The molecule has 1 aromatic rings. The Morgan fingerprint density at radius 2 is 1.84 bits per heavy atom. The number of ether oxygens (including phenoxy) is 1. The summed E-state index contributed by atoms with van der Waals surface area (Å²) in [6.45, 7) is 1.19. The SMILES string of the molecule is O=C1OCC/C=C/CC/C=C/C(=N/OCC(=O)N2CC=CCC2)Cc2cc(O)cc(O)c21. The fourth-order valence-electron chi connectivity index (χ4n) is 3.43.